The smallest absolute Gasteiger partial charge is 0.147 e. The standard InChI is InChI=1S/C5H8ClFO/c6-4-5(8)2-1-3-7/h1-4H2. The van der Waals surface area contributed by atoms with Gasteiger partial charge in [0.2, 0.25) is 0 Å². The number of hydrogen-bond donors (Lipinski definition) is 0. The molecule has 0 saturated heterocycles. The highest BCUT2D eigenvalue weighted by molar-refractivity contribution is 6.27. The number of halogens is 2. The summed E-state index contributed by atoms with van der Waals surface area (Å²) in [5.41, 5.74) is 0. The highest BCUT2D eigenvalue weighted by atomic mass is 35.5. The molecule has 0 amide bonds. The van der Waals surface area contributed by atoms with Crippen LogP contribution in [0.25, 0.3) is 0 Å². The Morgan fingerprint density at radius 3 is 2.62 bits per heavy atom. The molecule has 0 aliphatic rings. The van der Waals surface area contributed by atoms with E-state index in [-0.39, 0.29) is 18.1 Å². The molecule has 0 aromatic carbocycles. The Hall–Kier alpha value is -0.110. The van der Waals surface area contributed by atoms with Crippen LogP contribution in [0.3, 0.4) is 0 Å². The Kier molecular flexibility index (Phi) is 4.97. The second kappa shape index (κ2) is 5.04. The summed E-state index contributed by atoms with van der Waals surface area (Å²) >= 11 is 5.12. The fraction of sp³-hybridized carbons (Fsp3) is 0.800. The van der Waals surface area contributed by atoms with E-state index in [1.807, 2.05) is 0 Å². The average Bonchev–Trinajstić information content (AvgIpc) is 1.83. The molecule has 0 spiro atoms. The molecule has 0 heterocycles. The van der Waals surface area contributed by atoms with Gasteiger partial charge in [0, 0.05) is 6.42 Å². The Labute approximate surface area is 52.8 Å². The summed E-state index contributed by atoms with van der Waals surface area (Å²) in [6, 6.07) is 0. The van der Waals surface area contributed by atoms with E-state index in [2.05, 4.69) is 0 Å². The fourth-order valence-electron chi connectivity index (χ4n) is 0.331. The maximum atomic E-state index is 11.3. The number of carbonyl (C=O) groups is 1. The van der Waals surface area contributed by atoms with Crippen molar-refractivity contribution < 1.29 is 9.18 Å². The fourth-order valence-corrected chi connectivity index (χ4v) is 0.464. The van der Waals surface area contributed by atoms with E-state index in [9.17, 15) is 9.18 Å². The number of Topliss-reactive ketones (excluding diaryl/α,β-unsaturated/α-hetero) is 1. The summed E-state index contributed by atoms with van der Waals surface area (Å²) in [5, 5.41) is 0. The van der Waals surface area contributed by atoms with E-state index in [1.54, 1.807) is 0 Å². The Morgan fingerprint density at radius 1 is 1.62 bits per heavy atom. The van der Waals surface area contributed by atoms with E-state index in [1.165, 1.54) is 0 Å². The van der Waals surface area contributed by atoms with Gasteiger partial charge in [-0.15, -0.1) is 11.6 Å². The maximum Gasteiger partial charge on any atom is 0.147 e. The molecule has 0 bridgehead atoms. The van der Waals surface area contributed by atoms with Crippen molar-refractivity contribution in [3.8, 4) is 0 Å². The van der Waals surface area contributed by atoms with Crippen LogP contribution in [0.2, 0.25) is 0 Å². The molecule has 0 fully saturated rings. The zero-order valence-corrected chi connectivity index (χ0v) is 5.25. The molecule has 3 heteroatoms. The summed E-state index contributed by atoms with van der Waals surface area (Å²) in [5.74, 6) is -0.0654. The highest BCUT2D eigenvalue weighted by Crippen LogP contribution is 1.92. The molecule has 0 aliphatic heterocycles. The van der Waals surface area contributed by atoms with Crippen molar-refractivity contribution >= 4 is 17.4 Å². The van der Waals surface area contributed by atoms with E-state index >= 15 is 0 Å². The second-order valence-electron chi connectivity index (χ2n) is 1.46. The van der Waals surface area contributed by atoms with Gasteiger partial charge in [0.15, 0.2) is 0 Å². The SMILES string of the molecule is O=C(CCl)CCCF. The third-order valence-corrected chi connectivity index (χ3v) is 1.04. The molecule has 0 aromatic rings. The first-order chi connectivity index (χ1) is 3.81. The lowest BCUT2D eigenvalue weighted by Crippen LogP contribution is -1.98. The molecular weight excluding hydrogens is 131 g/mol. The van der Waals surface area contributed by atoms with Gasteiger partial charge in [0.05, 0.1) is 12.6 Å². The van der Waals surface area contributed by atoms with E-state index in [0.717, 1.165) is 0 Å². The van der Waals surface area contributed by atoms with Gasteiger partial charge in [0.25, 0.3) is 0 Å². The Bertz CT molecular complexity index is 74.8. The number of hydrogen-bond acceptors (Lipinski definition) is 1. The monoisotopic (exact) mass is 138 g/mol. The lowest BCUT2D eigenvalue weighted by atomic mass is 10.2. The first kappa shape index (κ1) is 7.89. The topological polar surface area (TPSA) is 17.1 Å². The first-order valence-corrected chi connectivity index (χ1v) is 2.98. The zero-order valence-electron chi connectivity index (χ0n) is 4.49. The van der Waals surface area contributed by atoms with Gasteiger partial charge in [-0.05, 0) is 6.42 Å². The molecule has 0 atom stereocenters. The number of rotatable bonds is 4. The van der Waals surface area contributed by atoms with Crippen molar-refractivity contribution in [2.45, 2.75) is 12.8 Å². The number of alkyl halides is 2. The average molecular weight is 139 g/mol. The van der Waals surface area contributed by atoms with Gasteiger partial charge in [0.1, 0.15) is 5.78 Å². The third-order valence-electron chi connectivity index (χ3n) is 0.738. The van der Waals surface area contributed by atoms with Crippen molar-refractivity contribution in [2.24, 2.45) is 0 Å². The minimum absolute atomic E-state index is 0.0139. The Balaban J connectivity index is 2.99. The van der Waals surface area contributed by atoms with E-state index < -0.39 is 6.67 Å². The van der Waals surface area contributed by atoms with E-state index in [0.29, 0.717) is 6.42 Å². The summed E-state index contributed by atoms with van der Waals surface area (Å²) in [6.45, 7) is -0.428. The molecule has 0 N–H and O–H groups in total. The second-order valence-corrected chi connectivity index (χ2v) is 1.73. The summed E-state index contributed by atoms with van der Waals surface area (Å²) in [6.07, 6.45) is 0.589. The number of ketones is 1. The van der Waals surface area contributed by atoms with Crippen LogP contribution in [-0.2, 0) is 4.79 Å². The van der Waals surface area contributed by atoms with Crippen LogP contribution in [0, 0.1) is 0 Å². The largest absolute Gasteiger partial charge is 0.298 e. The molecule has 1 nitrogen and oxygen atoms in total. The van der Waals surface area contributed by atoms with Gasteiger partial charge in [-0.25, -0.2) is 0 Å². The third kappa shape index (κ3) is 4.06. The molecule has 0 radical (unpaired) electrons. The minimum Gasteiger partial charge on any atom is -0.298 e. The van der Waals surface area contributed by atoms with Gasteiger partial charge in [-0.1, -0.05) is 0 Å². The summed E-state index contributed by atoms with van der Waals surface area (Å²) in [7, 11) is 0. The van der Waals surface area contributed by atoms with Gasteiger partial charge >= 0.3 is 0 Å². The molecule has 0 rings (SSSR count). The molecule has 8 heavy (non-hydrogen) atoms. The molecule has 48 valence electrons. The maximum absolute atomic E-state index is 11.3. The molecule has 0 aromatic heterocycles. The van der Waals surface area contributed by atoms with Crippen LogP contribution in [0.4, 0.5) is 4.39 Å². The molecule has 0 saturated carbocycles. The van der Waals surface area contributed by atoms with Crippen molar-refractivity contribution in [1.29, 1.82) is 0 Å². The van der Waals surface area contributed by atoms with Crippen LogP contribution in [0.5, 0.6) is 0 Å². The van der Waals surface area contributed by atoms with Gasteiger partial charge in [-0.3, -0.25) is 9.18 Å². The predicted molar refractivity (Wildman–Crippen MR) is 30.9 cm³/mol. The van der Waals surface area contributed by atoms with Crippen molar-refractivity contribution in [3.05, 3.63) is 0 Å². The minimum atomic E-state index is -0.428. The van der Waals surface area contributed by atoms with E-state index in [4.69, 9.17) is 11.6 Å². The van der Waals surface area contributed by atoms with Crippen LogP contribution < -0.4 is 0 Å². The Morgan fingerprint density at radius 2 is 2.25 bits per heavy atom. The van der Waals surface area contributed by atoms with Gasteiger partial charge < -0.3 is 0 Å². The molecule has 0 aliphatic carbocycles. The summed E-state index contributed by atoms with van der Waals surface area (Å²) in [4.78, 5) is 10.3. The van der Waals surface area contributed by atoms with Crippen LogP contribution in [0.15, 0.2) is 0 Å². The van der Waals surface area contributed by atoms with Crippen molar-refractivity contribution in [2.75, 3.05) is 12.6 Å². The zero-order chi connectivity index (χ0) is 6.41. The van der Waals surface area contributed by atoms with Gasteiger partial charge in [-0.2, -0.15) is 0 Å². The number of carbonyl (C=O) groups excluding carboxylic acids is 1. The molecule has 0 unspecified atom stereocenters. The van der Waals surface area contributed by atoms with Crippen molar-refractivity contribution in [3.63, 3.8) is 0 Å². The van der Waals surface area contributed by atoms with Crippen LogP contribution >= 0.6 is 11.6 Å². The normalized spacial score (nSPS) is 9.25. The first-order valence-electron chi connectivity index (χ1n) is 2.45. The van der Waals surface area contributed by atoms with Crippen molar-refractivity contribution in [1.82, 2.24) is 0 Å². The van der Waals surface area contributed by atoms with Crippen LogP contribution in [-0.4, -0.2) is 18.3 Å². The molecular formula is C5H8ClFO. The predicted octanol–water partition coefficient (Wildman–Crippen LogP) is 1.54. The lowest BCUT2D eigenvalue weighted by molar-refractivity contribution is -0.116. The van der Waals surface area contributed by atoms with Crippen LogP contribution in [0.1, 0.15) is 12.8 Å². The summed E-state index contributed by atoms with van der Waals surface area (Å²) < 4.78 is 11.3. The quantitative estimate of drug-likeness (QED) is 0.539. The lowest BCUT2D eigenvalue weighted by Gasteiger charge is -1.88. The highest BCUT2D eigenvalue weighted by Gasteiger charge is 1.96.